The van der Waals surface area contributed by atoms with Gasteiger partial charge in [-0.1, -0.05) is 6.92 Å². The van der Waals surface area contributed by atoms with Gasteiger partial charge in [-0.2, -0.15) is 0 Å². The van der Waals surface area contributed by atoms with Crippen molar-refractivity contribution in [3.05, 3.63) is 0 Å². The van der Waals surface area contributed by atoms with E-state index in [2.05, 4.69) is 4.74 Å². The molecule has 0 radical (unpaired) electrons. The number of esters is 1. The zero-order chi connectivity index (χ0) is 14.1. The third kappa shape index (κ3) is 7.27. The Labute approximate surface area is 109 Å². The van der Waals surface area contributed by atoms with Crippen molar-refractivity contribution in [3.8, 4) is 0 Å². The maximum atomic E-state index is 11.5. The molecule has 0 heterocycles. The van der Waals surface area contributed by atoms with Crippen LogP contribution in [0.3, 0.4) is 0 Å². The van der Waals surface area contributed by atoms with E-state index in [0.717, 1.165) is 6.42 Å². The zero-order valence-electron chi connectivity index (χ0n) is 12.1. The lowest BCUT2D eigenvalue weighted by Gasteiger charge is -2.23. The number of amides is 1. The van der Waals surface area contributed by atoms with E-state index in [9.17, 15) is 9.59 Å². The van der Waals surface area contributed by atoms with Gasteiger partial charge in [-0.25, -0.2) is 0 Å². The molecule has 0 aromatic carbocycles. The fourth-order valence-corrected chi connectivity index (χ4v) is 1.56. The van der Waals surface area contributed by atoms with Crippen molar-refractivity contribution in [2.45, 2.75) is 40.2 Å². The number of ether oxygens (including phenoxy) is 2. The SMILES string of the molecule is COC(=O)C(C)CN(CCCOC(C)C)C(C)=O. The minimum atomic E-state index is -0.301. The van der Waals surface area contributed by atoms with Crippen molar-refractivity contribution >= 4 is 11.9 Å². The first-order chi connectivity index (χ1) is 8.38. The predicted octanol–water partition coefficient (Wildman–Crippen LogP) is 1.46. The molecule has 0 bridgehead atoms. The highest BCUT2D eigenvalue weighted by molar-refractivity contribution is 5.76. The van der Waals surface area contributed by atoms with Gasteiger partial charge in [0, 0.05) is 26.6 Å². The van der Waals surface area contributed by atoms with E-state index >= 15 is 0 Å². The third-order valence-electron chi connectivity index (χ3n) is 2.57. The molecule has 1 atom stereocenters. The third-order valence-corrected chi connectivity index (χ3v) is 2.57. The Bertz CT molecular complexity index is 266. The minimum absolute atomic E-state index is 0.0321. The summed E-state index contributed by atoms with van der Waals surface area (Å²) in [5.41, 5.74) is 0. The molecule has 5 heteroatoms. The lowest BCUT2D eigenvalue weighted by atomic mass is 10.1. The fourth-order valence-electron chi connectivity index (χ4n) is 1.56. The molecule has 106 valence electrons. The summed E-state index contributed by atoms with van der Waals surface area (Å²) in [6.45, 7) is 8.82. The molecule has 18 heavy (non-hydrogen) atoms. The predicted molar refractivity (Wildman–Crippen MR) is 69.1 cm³/mol. The smallest absolute Gasteiger partial charge is 0.310 e. The van der Waals surface area contributed by atoms with Crippen LogP contribution in [-0.2, 0) is 19.1 Å². The Morgan fingerprint density at radius 1 is 1.22 bits per heavy atom. The molecule has 0 N–H and O–H groups in total. The van der Waals surface area contributed by atoms with Gasteiger partial charge in [0.1, 0.15) is 0 Å². The van der Waals surface area contributed by atoms with Gasteiger partial charge in [0.15, 0.2) is 0 Å². The van der Waals surface area contributed by atoms with Crippen LogP contribution >= 0.6 is 0 Å². The molecule has 0 aliphatic carbocycles. The van der Waals surface area contributed by atoms with E-state index in [4.69, 9.17) is 4.74 Å². The number of rotatable bonds is 8. The average molecular weight is 259 g/mol. The van der Waals surface area contributed by atoms with Gasteiger partial charge in [-0.3, -0.25) is 9.59 Å². The van der Waals surface area contributed by atoms with Gasteiger partial charge in [0.05, 0.1) is 19.1 Å². The Morgan fingerprint density at radius 2 is 1.83 bits per heavy atom. The number of nitrogens with zero attached hydrogens (tertiary/aromatic N) is 1. The minimum Gasteiger partial charge on any atom is -0.469 e. The van der Waals surface area contributed by atoms with Crippen LogP contribution in [0.15, 0.2) is 0 Å². The van der Waals surface area contributed by atoms with Gasteiger partial charge >= 0.3 is 5.97 Å². The summed E-state index contributed by atoms with van der Waals surface area (Å²) in [6, 6.07) is 0. The van der Waals surface area contributed by atoms with E-state index < -0.39 is 0 Å². The molecular formula is C13H25NO4. The molecule has 0 saturated heterocycles. The number of carbonyl (C=O) groups excluding carboxylic acids is 2. The quantitative estimate of drug-likeness (QED) is 0.489. The van der Waals surface area contributed by atoms with Crippen LogP contribution in [0.5, 0.6) is 0 Å². The molecule has 0 fully saturated rings. The normalized spacial score (nSPS) is 12.3. The zero-order valence-corrected chi connectivity index (χ0v) is 12.1. The molecular weight excluding hydrogens is 234 g/mol. The molecule has 5 nitrogen and oxygen atoms in total. The summed E-state index contributed by atoms with van der Waals surface area (Å²) in [5.74, 6) is -0.625. The number of hydrogen-bond donors (Lipinski definition) is 0. The van der Waals surface area contributed by atoms with Gasteiger partial charge in [0.2, 0.25) is 5.91 Å². The maximum absolute atomic E-state index is 11.5. The van der Waals surface area contributed by atoms with Crippen LogP contribution in [0.25, 0.3) is 0 Å². The van der Waals surface area contributed by atoms with Gasteiger partial charge < -0.3 is 14.4 Å². The number of hydrogen-bond acceptors (Lipinski definition) is 4. The van der Waals surface area contributed by atoms with Crippen LogP contribution in [0, 0.1) is 5.92 Å². The molecule has 1 unspecified atom stereocenters. The number of methoxy groups -OCH3 is 1. The van der Waals surface area contributed by atoms with Crippen LogP contribution in [0.4, 0.5) is 0 Å². The van der Waals surface area contributed by atoms with Gasteiger partial charge in [0.25, 0.3) is 0 Å². The summed E-state index contributed by atoms with van der Waals surface area (Å²) < 4.78 is 10.1. The highest BCUT2D eigenvalue weighted by Crippen LogP contribution is 2.04. The number of carbonyl (C=O) groups is 2. The van der Waals surface area contributed by atoms with Crippen molar-refractivity contribution in [2.24, 2.45) is 5.92 Å². The highest BCUT2D eigenvalue weighted by Gasteiger charge is 2.18. The summed E-state index contributed by atoms with van der Waals surface area (Å²) in [4.78, 5) is 24.4. The lowest BCUT2D eigenvalue weighted by molar-refractivity contribution is -0.146. The summed E-state index contributed by atoms with van der Waals surface area (Å²) in [6.07, 6.45) is 0.968. The van der Waals surface area contributed by atoms with Crippen LogP contribution < -0.4 is 0 Å². The second-order valence-electron chi connectivity index (χ2n) is 4.66. The van der Waals surface area contributed by atoms with E-state index in [-0.39, 0.29) is 23.9 Å². The van der Waals surface area contributed by atoms with Gasteiger partial charge in [-0.05, 0) is 20.3 Å². The monoisotopic (exact) mass is 259 g/mol. The van der Waals surface area contributed by atoms with Crippen molar-refractivity contribution in [2.75, 3.05) is 26.8 Å². The first kappa shape index (κ1) is 16.9. The van der Waals surface area contributed by atoms with Crippen molar-refractivity contribution in [3.63, 3.8) is 0 Å². The second-order valence-corrected chi connectivity index (χ2v) is 4.66. The Balaban J connectivity index is 4.07. The Morgan fingerprint density at radius 3 is 2.28 bits per heavy atom. The van der Waals surface area contributed by atoms with Crippen LogP contribution in [0.1, 0.15) is 34.1 Å². The second kappa shape index (κ2) is 8.91. The van der Waals surface area contributed by atoms with Crippen molar-refractivity contribution in [1.82, 2.24) is 4.90 Å². The lowest BCUT2D eigenvalue weighted by Crippen LogP contribution is -2.37. The molecule has 0 aromatic heterocycles. The molecule has 0 aliphatic heterocycles. The van der Waals surface area contributed by atoms with Crippen LogP contribution in [-0.4, -0.2) is 49.7 Å². The molecule has 1 amide bonds. The molecule has 0 rings (SSSR count). The summed E-state index contributed by atoms with van der Waals surface area (Å²) in [5, 5.41) is 0. The molecule has 0 aliphatic rings. The average Bonchev–Trinajstić information content (AvgIpc) is 2.30. The maximum Gasteiger partial charge on any atom is 0.310 e. The highest BCUT2D eigenvalue weighted by atomic mass is 16.5. The van der Waals surface area contributed by atoms with Crippen LogP contribution in [0.2, 0.25) is 0 Å². The van der Waals surface area contributed by atoms with E-state index in [1.54, 1.807) is 11.8 Å². The van der Waals surface area contributed by atoms with Gasteiger partial charge in [-0.15, -0.1) is 0 Å². The Kier molecular flexibility index (Phi) is 8.37. The largest absolute Gasteiger partial charge is 0.469 e. The first-order valence-electron chi connectivity index (χ1n) is 6.33. The summed E-state index contributed by atoms with van der Waals surface area (Å²) >= 11 is 0. The topological polar surface area (TPSA) is 55.8 Å². The van der Waals surface area contributed by atoms with E-state index in [1.807, 2.05) is 13.8 Å². The standard InChI is InChI=1S/C13H25NO4/c1-10(2)18-8-6-7-14(12(4)15)9-11(3)13(16)17-5/h10-11H,6-9H2,1-5H3. The first-order valence-corrected chi connectivity index (χ1v) is 6.33. The van der Waals surface area contributed by atoms with Crippen molar-refractivity contribution < 1.29 is 19.1 Å². The molecule has 0 aromatic rings. The Hall–Kier alpha value is -1.10. The van der Waals surface area contributed by atoms with Crippen molar-refractivity contribution in [1.29, 1.82) is 0 Å². The molecule has 0 spiro atoms. The fraction of sp³-hybridized carbons (Fsp3) is 0.846. The van der Waals surface area contributed by atoms with E-state index in [0.29, 0.717) is 19.7 Å². The summed E-state index contributed by atoms with van der Waals surface area (Å²) in [7, 11) is 1.35. The van der Waals surface area contributed by atoms with E-state index in [1.165, 1.54) is 14.0 Å². The molecule has 0 saturated carbocycles.